The van der Waals surface area contributed by atoms with E-state index in [1.165, 1.54) is 12.3 Å². The molecule has 0 spiro atoms. The lowest BCUT2D eigenvalue weighted by Gasteiger charge is -2.26. The van der Waals surface area contributed by atoms with E-state index in [2.05, 4.69) is 10.1 Å². The fourth-order valence-corrected chi connectivity index (χ4v) is 4.33. The molecule has 1 saturated carbocycles. The van der Waals surface area contributed by atoms with E-state index in [0.717, 1.165) is 4.68 Å². The predicted molar refractivity (Wildman–Crippen MR) is 108 cm³/mol. The molecule has 2 aliphatic rings. The highest BCUT2D eigenvalue weighted by atomic mass is 35.5. The molecule has 31 heavy (non-hydrogen) atoms. The minimum Gasteiger partial charge on any atom is -0.444 e. The Bertz CT molecular complexity index is 1010. The summed E-state index contributed by atoms with van der Waals surface area (Å²) in [6.07, 6.45) is -3.38. The molecule has 7 nitrogen and oxygen atoms in total. The third kappa shape index (κ3) is 4.58. The molecule has 1 aliphatic heterocycles. The van der Waals surface area contributed by atoms with Crippen molar-refractivity contribution in [2.75, 3.05) is 18.8 Å². The monoisotopic (exact) mass is 457 g/mol. The second kappa shape index (κ2) is 7.29. The Morgan fingerprint density at radius 3 is 2.45 bits per heavy atom. The second-order valence-electron chi connectivity index (χ2n) is 9.06. The Balaban J connectivity index is 1.56. The van der Waals surface area contributed by atoms with Gasteiger partial charge in [0.15, 0.2) is 0 Å². The normalized spacial score (nSPS) is 23.1. The van der Waals surface area contributed by atoms with E-state index in [0.29, 0.717) is 30.0 Å². The molecule has 0 radical (unpaired) electrons. The van der Waals surface area contributed by atoms with Gasteiger partial charge in [0.05, 0.1) is 10.7 Å². The zero-order valence-corrected chi connectivity index (χ0v) is 18.0. The fraction of sp³-hybridized carbons (Fsp3) is 0.550. The van der Waals surface area contributed by atoms with E-state index in [-0.39, 0.29) is 28.6 Å². The molecule has 11 heteroatoms. The molecule has 1 amide bonds. The number of halogens is 4. The molecule has 0 bridgehead atoms. The van der Waals surface area contributed by atoms with Crippen LogP contribution in [-0.4, -0.2) is 50.6 Å². The average Bonchev–Trinajstić information content (AvgIpc) is 2.97. The number of rotatable bonds is 3. The van der Waals surface area contributed by atoms with Crippen LogP contribution in [0.25, 0.3) is 11.3 Å². The van der Waals surface area contributed by atoms with Crippen molar-refractivity contribution in [2.45, 2.75) is 45.0 Å². The number of fused-ring (bicyclic) bond motifs is 1. The van der Waals surface area contributed by atoms with Crippen molar-refractivity contribution < 1.29 is 22.7 Å². The van der Waals surface area contributed by atoms with Gasteiger partial charge < -0.3 is 15.4 Å². The Morgan fingerprint density at radius 2 is 1.90 bits per heavy atom. The van der Waals surface area contributed by atoms with Gasteiger partial charge in [0.1, 0.15) is 18.0 Å². The number of nitrogens with two attached hydrogens (primary N) is 1. The first kappa shape index (κ1) is 21.7. The van der Waals surface area contributed by atoms with Gasteiger partial charge in [0.2, 0.25) is 0 Å². The Morgan fingerprint density at radius 1 is 1.26 bits per heavy atom. The van der Waals surface area contributed by atoms with Gasteiger partial charge in [-0.05, 0) is 44.7 Å². The number of nitrogens with zero attached hydrogens (tertiary/aromatic N) is 4. The lowest BCUT2D eigenvalue weighted by Crippen LogP contribution is -2.37. The van der Waals surface area contributed by atoms with Crippen LogP contribution in [0.5, 0.6) is 0 Å². The van der Waals surface area contributed by atoms with E-state index >= 15 is 0 Å². The summed E-state index contributed by atoms with van der Waals surface area (Å²) in [7, 11) is 0. The third-order valence-corrected chi connectivity index (χ3v) is 5.80. The summed E-state index contributed by atoms with van der Waals surface area (Å²) < 4.78 is 45.9. The molecule has 1 aliphatic carbocycles. The average molecular weight is 458 g/mol. The molecular formula is C20H23ClF3N5O2. The van der Waals surface area contributed by atoms with Gasteiger partial charge in [-0.3, -0.25) is 4.68 Å². The lowest BCUT2D eigenvalue weighted by atomic mass is 10.1. The number of pyridine rings is 1. The largest absolute Gasteiger partial charge is 0.444 e. The molecule has 2 aromatic rings. The molecule has 0 aromatic carbocycles. The van der Waals surface area contributed by atoms with Crippen LogP contribution in [0, 0.1) is 11.8 Å². The Kier molecular flexibility index (Phi) is 5.11. The highest BCUT2D eigenvalue weighted by molar-refractivity contribution is 6.33. The molecular weight excluding hydrogens is 435 g/mol. The van der Waals surface area contributed by atoms with Crippen molar-refractivity contribution in [1.82, 2.24) is 19.7 Å². The van der Waals surface area contributed by atoms with Crippen LogP contribution in [0.3, 0.4) is 0 Å². The van der Waals surface area contributed by atoms with Gasteiger partial charge in [0.25, 0.3) is 0 Å². The minimum atomic E-state index is -4.42. The number of aromatic nitrogens is 3. The maximum absolute atomic E-state index is 13.2. The van der Waals surface area contributed by atoms with E-state index in [1.54, 1.807) is 31.7 Å². The van der Waals surface area contributed by atoms with Gasteiger partial charge >= 0.3 is 12.3 Å². The van der Waals surface area contributed by atoms with Gasteiger partial charge in [-0.1, -0.05) is 11.6 Å². The molecule has 2 N–H and O–H groups in total. The van der Waals surface area contributed by atoms with Crippen LogP contribution in [-0.2, 0) is 11.3 Å². The van der Waals surface area contributed by atoms with Crippen LogP contribution in [0.1, 0.15) is 32.4 Å². The van der Waals surface area contributed by atoms with Crippen molar-refractivity contribution in [1.29, 1.82) is 0 Å². The number of hydrogen-bond acceptors (Lipinski definition) is 5. The Labute approximate surface area is 182 Å². The number of ether oxygens (including phenoxy) is 1. The van der Waals surface area contributed by atoms with E-state index in [9.17, 15) is 18.0 Å². The summed E-state index contributed by atoms with van der Waals surface area (Å²) >= 11 is 6.01. The summed E-state index contributed by atoms with van der Waals surface area (Å²) in [6.45, 7) is 5.09. The highest BCUT2D eigenvalue weighted by Crippen LogP contribution is 2.58. The summed E-state index contributed by atoms with van der Waals surface area (Å²) in [5.74, 6) is 0.202. The Hall–Kier alpha value is -2.49. The van der Waals surface area contributed by atoms with E-state index in [4.69, 9.17) is 22.1 Å². The maximum Gasteiger partial charge on any atom is 0.410 e. The highest BCUT2D eigenvalue weighted by Gasteiger charge is 2.59. The number of likely N-dealkylation sites (tertiary alicyclic amines) is 1. The second-order valence-corrected chi connectivity index (χ2v) is 9.46. The van der Waals surface area contributed by atoms with Crippen LogP contribution in [0.4, 0.5) is 23.8 Å². The van der Waals surface area contributed by atoms with Crippen molar-refractivity contribution in [3.63, 3.8) is 0 Å². The lowest BCUT2D eigenvalue weighted by molar-refractivity contribution is -0.143. The molecule has 3 heterocycles. The van der Waals surface area contributed by atoms with Crippen LogP contribution >= 0.6 is 11.6 Å². The van der Waals surface area contributed by atoms with Crippen LogP contribution in [0.15, 0.2) is 18.3 Å². The minimum absolute atomic E-state index is 0.0807. The molecule has 4 rings (SSSR count). The summed E-state index contributed by atoms with van der Waals surface area (Å²) in [5.41, 5.74) is 6.36. The molecule has 2 aromatic heterocycles. The third-order valence-electron chi connectivity index (χ3n) is 5.49. The molecule has 2 atom stereocenters. The molecule has 168 valence electrons. The zero-order valence-electron chi connectivity index (χ0n) is 17.3. The number of piperidine rings is 1. The smallest absolute Gasteiger partial charge is 0.410 e. The van der Waals surface area contributed by atoms with Crippen molar-refractivity contribution in [3.05, 3.63) is 29.0 Å². The first-order valence-electron chi connectivity index (χ1n) is 9.86. The number of carbonyl (C=O) groups excluding carboxylic acids is 1. The standard InChI is InChI=1S/C20H23ClF3N5O2/c1-19(2,3)31-18(30)28-7-11-12(8-28)16(11)15-5-14(27-29(15)9-20(22,23)24)10-4-13(21)17(25)26-6-10/h4-6,11-12,16H,7-9H2,1-3H3,(H2,25,26). The van der Waals surface area contributed by atoms with Crippen molar-refractivity contribution >= 4 is 23.5 Å². The van der Waals surface area contributed by atoms with Gasteiger partial charge in [0, 0.05) is 36.5 Å². The first-order chi connectivity index (χ1) is 14.3. The van der Waals surface area contributed by atoms with Gasteiger partial charge in [-0.15, -0.1) is 0 Å². The molecule has 2 unspecified atom stereocenters. The van der Waals surface area contributed by atoms with Gasteiger partial charge in [-0.25, -0.2) is 9.78 Å². The molecule has 2 fully saturated rings. The van der Waals surface area contributed by atoms with E-state index in [1.807, 2.05) is 0 Å². The zero-order chi connectivity index (χ0) is 22.7. The van der Waals surface area contributed by atoms with Crippen LogP contribution < -0.4 is 5.73 Å². The van der Waals surface area contributed by atoms with Gasteiger partial charge in [-0.2, -0.15) is 18.3 Å². The quantitative estimate of drug-likeness (QED) is 0.741. The number of hydrogen-bond donors (Lipinski definition) is 1. The SMILES string of the molecule is CC(C)(C)OC(=O)N1CC2C(C1)C2c1cc(-c2cnc(N)c(Cl)c2)nn1CC(F)(F)F. The first-order valence-corrected chi connectivity index (χ1v) is 10.2. The van der Waals surface area contributed by atoms with Crippen LogP contribution in [0.2, 0.25) is 5.02 Å². The number of amides is 1. The maximum atomic E-state index is 13.2. The summed E-state index contributed by atoms with van der Waals surface area (Å²) in [4.78, 5) is 17.9. The topological polar surface area (TPSA) is 86.3 Å². The summed E-state index contributed by atoms with van der Waals surface area (Å²) in [6, 6.07) is 3.18. The summed E-state index contributed by atoms with van der Waals surface area (Å²) in [5, 5.41) is 4.39. The predicted octanol–water partition coefficient (Wildman–Crippen LogP) is 4.32. The number of nitrogen functional groups attached to an aromatic ring is 1. The number of alkyl halides is 3. The number of carbonyl (C=O) groups is 1. The number of anilines is 1. The molecule has 1 saturated heterocycles. The van der Waals surface area contributed by atoms with E-state index < -0.39 is 24.4 Å². The fourth-order valence-electron chi connectivity index (χ4n) is 4.17. The van der Waals surface area contributed by atoms with Crippen molar-refractivity contribution in [2.24, 2.45) is 11.8 Å². The van der Waals surface area contributed by atoms with Crippen molar-refractivity contribution in [3.8, 4) is 11.3 Å².